The summed E-state index contributed by atoms with van der Waals surface area (Å²) in [4.78, 5) is 11.4. The van der Waals surface area contributed by atoms with Gasteiger partial charge in [0.1, 0.15) is 11.6 Å². The molecule has 0 radical (unpaired) electrons. The first-order chi connectivity index (χ1) is 12.9. The summed E-state index contributed by atoms with van der Waals surface area (Å²) in [6, 6.07) is 9.49. The Morgan fingerprint density at radius 2 is 2.04 bits per heavy atom. The number of hydrogen-bond donors (Lipinski definition) is 2. The fourth-order valence-electron chi connectivity index (χ4n) is 3.05. The van der Waals surface area contributed by atoms with Crippen molar-refractivity contribution < 1.29 is 22.3 Å². The number of nitrogens with one attached hydrogen (secondary N) is 2. The van der Waals surface area contributed by atoms with E-state index in [0.717, 1.165) is 31.1 Å². The maximum absolute atomic E-state index is 13.5. The third kappa shape index (κ3) is 4.28. The van der Waals surface area contributed by atoms with Gasteiger partial charge in [0.25, 0.3) is 5.91 Å². The van der Waals surface area contributed by atoms with E-state index in [2.05, 4.69) is 10.6 Å². The van der Waals surface area contributed by atoms with Crippen LogP contribution in [-0.2, 0) is 14.6 Å². The van der Waals surface area contributed by atoms with Crippen molar-refractivity contribution in [2.75, 3.05) is 26.7 Å². The molecule has 2 aromatic rings. The van der Waals surface area contributed by atoms with Crippen molar-refractivity contribution in [1.82, 2.24) is 10.6 Å². The van der Waals surface area contributed by atoms with Gasteiger partial charge in [-0.15, -0.1) is 0 Å². The predicted molar refractivity (Wildman–Crippen MR) is 98.1 cm³/mol. The SMILES string of the molecule is CNC(=O)COc1cc(S(=O)(=O)c2cccc(F)c2)ccc1C1CCNC1. The van der Waals surface area contributed by atoms with Crippen molar-refractivity contribution >= 4 is 15.7 Å². The number of hydrogen-bond acceptors (Lipinski definition) is 5. The van der Waals surface area contributed by atoms with Crippen LogP contribution in [0.25, 0.3) is 0 Å². The lowest BCUT2D eigenvalue weighted by atomic mass is 9.97. The third-order valence-corrected chi connectivity index (χ3v) is 6.29. The van der Waals surface area contributed by atoms with Crippen molar-refractivity contribution in [2.45, 2.75) is 22.1 Å². The first-order valence-electron chi connectivity index (χ1n) is 8.60. The van der Waals surface area contributed by atoms with Crippen LogP contribution >= 0.6 is 0 Å². The Morgan fingerprint density at radius 1 is 1.26 bits per heavy atom. The fourth-order valence-corrected chi connectivity index (χ4v) is 4.36. The quantitative estimate of drug-likeness (QED) is 0.784. The highest BCUT2D eigenvalue weighted by molar-refractivity contribution is 7.91. The molecule has 1 amide bonds. The van der Waals surface area contributed by atoms with Gasteiger partial charge in [0.15, 0.2) is 6.61 Å². The Balaban J connectivity index is 1.99. The number of halogens is 1. The largest absolute Gasteiger partial charge is 0.483 e. The molecule has 144 valence electrons. The van der Waals surface area contributed by atoms with E-state index in [1.54, 1.807) is 6.07 Å². The lowest BCUT2D eigenvalue weighted by Gasteiger charge is -2.17. The van der Waals surface area contributed by atoms with Gasteiger partial charge in [-0.25, -0.2) is 12.8 Å². The molecule has 3 rings (SSSR count). The first kappa shape index (κ1) is 19.3. The number of rotatable bonds is 6. The molecule has 6 nitrogen and oxygen atoms in total. The molecule has 0 bridgehead atoms. The Kier molecular flexibility index (Phi) is 5.76. The molecule has 8 heteroatoms. The summed E-state index contributed by atoms with van der Waals surface area (Å²) in [5.74, 6) is -0.412. The van der Waals surface area contributed by atoms with E-state index in [0.29, 0.717) is 5.75 Å². The van der Waals surface area contributed by atoms with E-state index in [-0.39, 0.29) is 28.2 Å². The molecular formula is C19H21FN2O4S. The number of carbonyl (C=O) groups excluding carboxylic acids is 1. The summed E-state index contributed by atoms with van der Waals surface area (Å²) < 4.78 is 44.8. The van der Waals surface area contributed by atoms with E-state index in [4.69, 9.17) is 4.74 Å². The highest BCUT2D eigenvalue weighted by Crippen LogP contribution is 2.34. The smallest absolute Gasteiger partial charge is 0.257 e. The number of benzene rings is 2. The summed E-state index contributed by atoms with van der Waals surface area (Å²) >= 11 is 0. The Morgan fingerprint density at radius 3 is 2.70 bits per heavy atom. The van der Waals surface area contributed by atoms with Crippen LogP contribution < -0.4 is 15.4 Å². The van der Waals surface area contributed by atoms with Crippen LogP contribution in [0.2, 0.25) is 0 Å². The second kappa shape index (κ2) is 8.06. The van der Waals surface area contributed by atoms with Crippen molar-refractivity contribution in [3.63, 3.8) is 0 Å². The topological polar surface area (TPSA) is 84.5 Å². The van der Waals surface area contributed by atoms with E-state index < -0.39 is 15.7 Å². The zero-order valence-corrected chi connectivity index (χ0v) is 15.7. The zero-order chi connectivity index (χ0) is 19.4. The molecule has 1 saturated heterocycles. The Labute approximate surface area is 157 Å². The van der Waals surface area contributed by atoms with Crippen LogP contribution in [0.5, 0.6) is 5.75 Å². The summed E-state index contributed by atoms with van der Waals surface area (Å²) in [5, 5.41) is 5.72. The molecule has 2 N–H and O–H groups in total. The molecule has 2 aromatic carbocycles. The van der Waals surface area contributed by atoms with E-state index in [9.17, 15) is 17.6 Å². The van der Waals surface area contributed by atoms with Crippen molar-refractivity contribution in [3.05, 3.63) is 53.8 Å². The minimum Gasteiger partial charge on any atom is -0.483 e. The molecule has 1 aliphatic rings. The van der Waals surface area contributed by atoms with Gasteiger partial charge in [0.2, 0.25) is 9.84 Å². The van der Waals surface area contributed by atoms with E-state index in [1.165, 1.54) is 37.4 Å². The van der Waals surface area contributed by atoms with Crippen LogP contribution in [-0.4, -0.2) is 41.1 Å². The molecule has 1 heterocycles. The van der Waals surface area contributed by atoms with Gasteiger partial charge in [-0.1, -0.05) is 12.1 Å². The number of amides is 1. The fraction of sp³-hybridized carbons (Fsp3) is 0.316. The maximum atomic E-state index is 13.5. The van der Waals surface area contributed by atoms with Gasteiger partial charge in [0, 0.05) is 19.5 Å². The van der Waals surface area contributed by atoms with Gasteiger partial charge in [-0.3, -0.25) is 4.79 Å². The lowest BCUT2D eigenvalue weighted by molar-refractivity contribution is -0.122. The molecule has 0 spiro atoms. The molecule has 0 saturated carbocycles. The van der Waals surface area contributed by atoms with Gasteiger partial charge >= 0.3 is 0 Å². The standard InChI is InChI=1S/C19H21FN2O4S/c1-21-19(23)12-26-18-10-16(5-6-17(18)13-7-8-22-11-13)27(24,25)15-4-2-3-14(20)9-15/h2-6,9-10,13,22H,7-8,11-12H2,1H3,(H,21,23). The maximum Gasteiger partial charge on any atom is 0.257 e. The summed E-state index contributed by atoms with van der Waals surface area (Å²) in [7, 11) is -2.41. The van der Waals surface area contributed by atoms with Gasteiger partial charge in [0.05, 0.1) is 9.79 Å². The Hall–Kier alpha value is -2.45. The molecule has 1 unspecified atom stereocenters. The normalized spacial score (nSPS) is 16.9. The third-order valence-electron chi connectivity index (χ3n) is 4.54. The van der Waals surface area contributed by atoms with Crippen LogP contribution in [0.15, 0.2) is 52.3 Å². The highest BCUT2D eigenvalue weighted by atomic mass is 32.2. The van der Waals surface area contributed by atoms with Crippen molar-refractivity contribution in [1.29, 1.82) is 0 Å². The summed E-state index contributed by atoms with van der Waals surface area (Å²) in [5.41, 5.74) is 0.849. The first-order valence-corrected chi connectivity index (χ1v) is 10.1. The molecule has 0 aromatic heterocycles. The summed E-state index contributed by atoms with van der Waals surface area (Å²) in [6.45, 7) is 1.41. The monoisotopic (exact) mass is 392 g/mol. The van der Waals surface area contributed by atoms with Crippen molar-refractivity contribution in [3.8, 4) is 5.75 Å². The second-order valence-electron chi connectivity index (χ2n) is 6.31. The van der Waals surface area contributed by atoms with E-state index in [1.807, 2.05) is 0 Å². The second-order valence-corrected chi connectivity index (χ2v) is 8.26. The summed E-state index contributed by atoms with van der Waals surface area (Å²) in [6.07, 6.45) is 0.895. The molecule has 1 fully saturated rings. The van der Waals surface area contributed by atoms with Crippen LogP contribution in [0.1, 0.15) is 17.9 Å². The zero-order valence-electron chi connectivity index (χ0n) is 14.9. The number of sulfone groups is 1. The molecule has 0 aliphatic carbocycles. The van der Waals surface area contributed by atoms with Gasteiger partial charge in [-0.2, -0.15) is 0 Å². The average Bonchev–Trinajstić information content (AvgIpc) is 3.20. The molecule has 1 aliphatic heterocycles. The minimum atomic E-state index is -3.90. The average molecular weight is 392 g/mol. The predicted octanol–water partition coefficient (Wildman–Crippen LogP) is 1.86. The van der Waals surface area contributed by atoms with E-state index >= 15 is 0 Å². The highest BCUT2D eigenvalue weighted by Gasteiger charge is 2.25. The molecule has 1 atom stereocenters. The minimum absolute atomic E-state index is 0.00490. The number of likely N-dealkylation sites (N-methyl/N-ethyl adjacent to an activating group) is 1. The van der Waals surface area contributed by atoms with Crippen LogP contribution in [0.4, 0.5) is 4.39 Å². The lowest BCUT2D eigenvalue weighted by Crippen LogP contribution is -2.25. The Bertz CT molecular complexity index is 940. The van der Waals surface area contributed by atoms with Gasteiger partial charge in [-0.05, 0) is 48.9 Å². The number of carbonyl (C=O) groups is 1. The van der Waals surface area contributed by atoms with Crippen LogP contribution in [0.3, 0.4) is 0 Å². The van der Waals surface area contributed by atoms with Crippen molar-refractivity contribution in [2.24, 2.45) is 0 Å². The van der Waals surface area contributed by atoms with Gasteiger partial charge < -0.3 is 15.4 Å². The van der Waals surface area contributed by atoms with Crippen LogP contribution in [0, 0.1) is 5.82 Å². The molecular weight excluding hydrogens is 371 g/mol. The number of ether oxygens (including phenoxy) is 1. The molecule has 27 heavy (non-hydrogen) atoms.